The number of rotatable bonds is 4. The first-order valence-corrected chi connectivity index (χ1v) is 8.70. The van der Waals surface area contributed by atoms with Gasteiger partial charge in [-0.05, 0) is 36.3 Å². The molecule has 1 unspecified atom stereocenters. The first kappa shape index (κ1) is 16.3. The quantitative estimate of drug-likeness (QED) is 0.765. The summed E-state index contributed by atoms with van der Waals surface area (Å²) in [5.74, 6) is 0.192. The van der Waals surface area contributed by atoms with Gasteiger partial charge in [0, 0.05) is 6.42 Å². The number of fused-ring (bicyclic) bond motifs is 1. The molecule has 3 rings (SSSR count). The van der Waals surface area contributed by atoms with Gasteiger partial charge in [-0.1, -0.05) is 38.7 Å². The van der Waals surface area contributed by atoms with Gasteiger partial charge in [0.25, 0.3) is 0 Å². The zero-order chi connectivity index (χ0) is 16.4. The van der Waals surface area contributed by atoms with Gasteiger partial charge in [-0.15, -0.1) is 0 Å². The van der Waals surface area contributed by atoms with Crippen molar-refractivity contribution in [1.29, 1.82) is 0 Å². The molecule has 0 spiro atoms. The molecule has 1 atom stereocenters. The molecule has 4 heteroatoms. The molecule has 1 aromatic rings. The Bertz CT molecular complexity index is 576. The first-order valence-electron chi connectivity index (χ1n) is 8.70. The van der Waals surface area contributed by atoms with Gasteiger partial charge in [0.15, 0.2) is 11.6 Å². The highest BCUT2D eigenvalue weighted by Crippen LogP contribution is 2.38. The van der Waals surface area contributed by atoms with Gasteiger partial charge < -0.3 is 9.47 Å². The van der Waals surface area contributed by atoms with E-state index >= 15 is 0 Å². The second kappa shape index (κ2) is 6.90. The second-order valence-electron chi connectivity index (χ2n) is 6.83. The van der Waals surface area contributed by atoms with Gasteiger partial charge in [-0.2, -0.15) is 0 Å². The normalized spacial score (nSPS) is 27.3. The van der Waals surface area contributed by atoms with E-state index in [1.807, 2.05) is 0 Å². The van der Waals surface area contributed by atoms with Crippen LogP contribution in [-0.2, 0) is 11.2 Å². The number of carbonyl (C=O) groups excluding carboxylic acids is 1. The highest BCUT2D eigenvalue weighted by molar-refractivity contribution is 5.93. The summed E-state index contributed by atoms with van der Waals surface area (Å²) in [5, 5.41) is 0. The van der Waals surface area contributed by atoms with Crippen LogP contribution in [0.1, 0.15) is 61.4 Å². The van der Waals surface area contributed by atoms with Crippen molar-refractivity contribution in [2.24, 2.45) is 11.8 Å². The number of carbonyl (C=O) groups is 1. The van der Waals surface area contributed by atoms with Gasteiger partial charge in [0.05, 0.1) is 7.11 Å². The van der Waals surface area contributed by atoms with E-state index in [0.29, 0.717) is 12.3 Å². The molecule has 126 valence electrons. The molecule has 1 aromatic carbocycles. The number of esters is 1. The summed E-state index contributed by atoms with van der Waals surface area (Å²) in [7, 11) is 1.40. The van der Waals surface area contributed by atoms with Crippen molar-refractivity contribution in [3.63, 3.8) is 0 Å². The fourth-order valence-electron chi connectivity index (χ4n) is 4.12. The number of methoxy groups -OCH3 is 1. The third kappa shape index (κ3) is 3.22. The van der Waals surface area contributed by atoms with Crippen LogP contribution in [0.5, 0.6) is 5.75 Å². The number of hydrogen-bond donors (Lipinski definition) is 0. The first-order chi connectivity index (χ1) is 11.1. The number of hydrogen-bond acceptors (Lipinski definition) is 3. The van der Waals surface area contributed by atoms with E-state index in [1.54, 1.807) is 12.1 Å². The van der Waals surface area contributed by atoms with Crippen LogP contribution in [0.4, 0.5) is 4.39 Å². The molecule has 1 saturated carbocycles. The highest BCUT2D eigenvalue weighted by Gasteiger charge is 2.36. The van der Waals surface area contributed by atoms with E-state index in [4.69, 9.17) is 9.47 Å². The lowest BCUT2D eigenvalue weighted by Gasteiger charge is -2.36. The van der Waals surface area contributed by atoms with Crippen molar-refractivity contribution in [2.45, 2.75) is 58.0 Å². The Kier molecular flexibility index (Phi) is 4.88. The molecule has 0 N–H and O–H groups in total. The number of benzene rings is 1. The Morgan fingerprint density at radius 2 is 2.00 bits per heavy atom. The lowest BCUT2D eigenvalue weighted by atomic mass is 9.76. The van der Waals surface area contributed by atoms with Crippen molar-refractivity contribution in [3.8, 4) is 5.75 Å². The average molecular weight is 320 g/mol. The van der Waals surface area contributed by atoms with Gasteiger partial charge in [-0.25, -0.2) is 9.18 Å². The highest BCUT2D eigenvalue weighted by atomic mass is 19.1. The molecule has 1 heterocycles. The molecular weight excluding hydrogens is 295 g/mol. The molecule has 23 heavy (non-hydrogen) atoms. The molecule has 0 radical (unpaired) electrons. The third-order valence-corrected chi connectivity index (χ3v) is 5.41. The zero-order valence-electron chi connectivity index (χ0n) is 13.9. The maximum Gasteiger partial charge on any atom is 0.341 e. The van der Waals surface area contributed by atoms with Crippen LogP contribution in [0.2, 0.25) is 0 Å². The predicted molar refractivity (Wildman–Crippen MR) is 86.2 cm³/mol. The van der Waals surface area contributed by atoms with Crippen molar-refractivity contribution in [1.82, 2.24) is 0 Å². The fraction of sp³-hybridized carbons (Fsp3) is 0.632. The van der Waals surface area contributed by atoms with Crippen LogP contribution >= 0.6 is 0 Å². The maximum atomic E-state index is 14.3. The molecule has 1 aliphatic carbocycles. The van der Waals surface area contributed by atoms with E-state index in [1.165, 1.54) is 32.8 Å². The smallest absolute Gasteiger partial charge is 0.341 e. The van der Waals surface area contributed by atoms with Crippen LogP contribution in [0.25, 0.3) is 0 Å². The molecule has 3 nitrogen and oxygen atoms in total. The number of cyclic esters (lactones) is 1. The Morgan fingerprint density at radius 1 is 1.26 bits per heavy atom. The standard InChI is InChI=1S/C19H25FO3/c1-3-4-12-5-7-13(8-6-12)16-11-14-9-10-15(22-2)18(20)17(14)19(21)23-16/h9-10,12-13,16H,3-8,11H2,1-2H3. The number of halogens is 1. The van der Waals surface area contributed by atoms with E-state index in [-0.39, 0.29) is 17.4 Å². The topological polar surface area (TPSA) is 35.5 Å². The molecular formula is C19H25FO3. The van der Waals surface area contributed by atoms with Crippen molar-refractivity contribution < 1.29 is 18.7 Å². The van der Waals surface area contributed by atoms with Crippen LogP contribution in [0, 0.1) is 17.7 Å². The summed E-state index contributed by atoms with van der Waals surface area (Å²) >= 11 is 0. The number of ether oxygens (including phenoxy) is 2. The van der Waals surface area contributed by atoms with E-state index in [0.717, 1.165) is 24.3 Å². The minimum absolute atomic E-state index is 0.0558. The fourth-order valence-corrected chi connectivity index (χ4v) is 4.12. The van der Waals surface area contributed by atoms with Crippen molar-refractivity contribution >= 4 is 5.97 Å². The minimum Gasteiger partial charge on any atom is -0.494 e. The largest absolute Gasteiger partial charge is 0.494 e. The molecule has 0 amide bonds. The van der Waals surface area contributed by atoms with Gasteiger partial charge >= 0.3 is 5.97 Å². The van der Waals surface area contributed by atoms with Crippen molar-refractivity contribution in [3.05, 3.63) is 29.1 Å². The zero-order valence-corrected chi connectivity index (χ0v) is 13.9. The predicted octanol–water partition coefficient (Wildman–Crippen LogP) is 4.52. The van der Waals surface area contributed by atoms with Gasteiger partial charge in [0.2, 0.25) is 0 Å². The molecule has 0 aromatic heterocycles. The SMILES string of the molecule is CCCC1CCC(C2Cc3ccc(OC)c(F)c3C(=O)O2)CC1. The lowest BCUT2D eigenvalue weighted by molar-refractivity contribution is -0.000992. The summed E-state index contributed by atoms with van der Waals surface area (Å²) in [5.41, 5.74) is 0.806. The van der Waals surface area contributed by atoms with E-state index in [2.05, 4.69) is 6.92 Å². The van der Waals surface area contributed by atoms with Crippen LogP contribution in [-0.4, -0.2) is 19.2 Å². The summed E-state index contributed by atoms with van der Waals surface area (Å²) in [6, 6.07) is 3.40. The van der Waals surface area contributed by atoms with Crippen molar-refractivity contribution in [2.75, 3.05) is 7.11 Å². The molecule has 1 aliphatic heterocycles. The third-order valence-electron chi connectivity index (χ3n) is 5.41. The monoisotopic (exact) mass is 320 g/mol. The summed E-state index contributed by atoms with van der Waals surface area (Å²) in [4.78, 5) is 12.3. The summed E-state index contributed by atoms with van der Waals surface area (Å²) < 4.78 is 24.8. The van der Waals surface area contributed by atoms with Crippen LogP contribution in [0.3, 0.4) is 0 Å². The average Bonchev–Trinajstić information content (AvgIpc) is 2.56. The second-order valence-corrected chi connectivity index (χ2v) is 6.83. The Labute approximate surface area is 137 Å². The minimum atomic E-state index is -0.597. The summed E-state index contributed by atoms with van der Waals surface area (Å²) in [6.07, 6.45) is 7.70. The maximum absolute atomic E-state index is 14.3. The van der Waals surface area contributed by atoms with Crippen LogP contribution < -0.4 is 4.74 Å². The van der Waals surface area contributed by atoms with E-state index in [9.17, 15) is 9.18 Å². The Balaban J connectivity index is 1.72. The molecule has 0 bridgehead atoms. The van der Waals surface area contributed by atoms with Crippen LogP contribution in [0.15, 0.2) is 12.1 Å². The summed E-state index contributed by atoms with van der Waals surface area (Å²) in [6.45, 7) is 2.23. The molecule has 1 fully saturated rings. The molecule has 0 saturated heterocycles. The van der Waals surface area contributed by atoms with Gasteiger partial charge in [0.1, 0.15) is 11.7 Å². The Morgan fingerprint density at radius 3 is 2.65 bits per heavy atom. The van der Waals surface area contributed by atoms with Gasteiger partial charge in [-0.3, -0.25) is 0 Å². The Hall–Kier alpha value is -1.58. The lowest BCUT2D eigenvalue weighted by Crippen LogP contribution is -2.36. The van der Waals surface area contributed by atoms with E-state index < -0.39 is 11.8 Å². The molecule has 2 aliphatic rings.